The number of amides is 2. The number of ether oxygens (including phenoxy) is 1. The molecule has 23 heavy (non-hydrogen) atoms. The summed E-state index contributed by atoms with van der Waals surface area (Å²) in [5, 5.41) is 2.80. The molecule has 3 N–H and O–H groups in total. The number of nitrogens with two attached hydrogens (primary N) is 1. The van der Waals surface area contributed by atoms with Crippen molar-refractivity contribution in [2.45, 2.75) is 19.8 Å². The highest BCUT2D eigenvalue weighted by molar-refractivity contribution is 5.95. The van der Waals surface area contributed by atoms with E-state index in [0.717, 1.165) is 11.3 Å². The van der Waals surface area contributed by atoms with Crippen molar-refractivity contribution >= 4 is 17.5 Å². The van der Waals surface area contributed by atoms with Crippen LogP contribution < -0.4 is 11.1 Å². The van der Waals surface area contributed by atoms with Gasteiger partial charge in [0.05, 0.1) is 12.0 Å². The molecule has 0 spiro atoms. The molecule has 1 saturated heterocycles. The van der Waals surface area contributed by atoms with E-state index in [4.69, 9.17) is 10.5 Å². The van der Waals surface area contributed by atoms with Gasteiger partial charge in [-0.25, -0.2) is 0 Å². The molecule has 1 aromatic carbocycles. The third-order valence-corrected chi connectivity index (χ3v) is 4.36. The van der Waals surface area contributed by atoms with Gasteiger partial charge in [0.1, 0.15) is 0 Å². The first-order valence-corrected chi connectivity index (χ1v) is 7.87. The van der Waals surface area contributed by atoms with Crippen LogP contribution in [0.15, 0.2) is 24.3 Å². The van der Waals surface area contributed by atoms with Gasteiger partial charge in [0.2, 0.25) is 11.8 Å². The van der Waals surface area contributed by atoms with E-state index in [1.807, 2.05) is 31.2 Å². The maximum Gasteiger partial charge on any atom is 0.243 e. The maximum atomic E-state index is 12.7. The van der Waals surface area contributed by atoms with Crippen molar-refractivity contribution in [3.8, 4) is 0 Å². The van der Waals surface area contributed by atoms with Crippen LogP contribution in [0.3, 0.4) is 0 Å². The van der Waals surface area contributed by atoms with E-state index in [2.05, 4.69) is 5.32 Å². The van der Waals surface area contributed by atoms with Crippen LogP contribution in [0.25, 0.3) is 0 Å². The van der Waals surface area contributed by atoms with Crippen LogP contribution in [0.5, 0.6) is 0 Å². The van der Waals surface area contributed by atoms with Crippen LogP contribution >= 0.6 is 0 Å². The van der Waals surface area contributed by atoms with Gasteiger partial charge >= 0.3 is 0 Å². The van der Waals surface area contributed by atoms with E-state index < -0.39 is 5.41 Å². The summed E-state index contributed by atoms with van der Waals surface area (Å²) in [7, 11) is 1.64. The minimum atomic E-state index is -0.600. The largest absolute Gasteiger partial charge is 0.381 e. The third-order valence-electron chi connectivity index (χ3n) is 4.36. The summed E-state index contributed by atoms with van der Waals surface area (Å²) >= 11 is 0. The molecular weight excluding hydrogens is 294 g/mol. The number of carbonyl (C=O) groups excluding carboxylic acids is 2. The lowest BCUT2D eigenvalue weighted by Crippen LogP contribution is -2.51. The fraction of sp³-hybridized carbons (Fsp3) is 0.529. The predicted octanol–water partition coefficient (Wildman–Crippen LogP) is 1.15. The monoisotopic (exact) mass is 319 g/mol. The highest BCUT2D eigenvalue weighted by Gasteiger charge is 2.40. The number of carbonyl (C=O) groups is 2. The standard InChI is InChI=1S/C17H25N3O3/c1-13-3-5-14(6-4-13)19-15(21)11-20(2)16(22)17(12-18)7-9-23-10-8-17/h3-6H,7-12,18H2,1-2H3,(H,19,21). The fourth-order valence-corrected chi connectivity index (χ4v) is 2.80. The third kappa shape index (κ3) is 4.30. The number of likely N-dealkylation sites (N-methyl/N-ethyl adjacent to an activating group) is 1. The summed E-state index contributed by atoms with van der Waals surface area (Å²) in [6, 6.07) is 7.54. The number of rotatable bonds is 5. The molecule has 0 unspecified atom stereocenters. The Balaban J connectivity index is 1.94. The molecule has 0 bridgehead atoms. The lowest BCUT2D eigenvalue weighted by molar-refractivity contribution is -0.147. The molecule has 1 aliphatic heterocycles. The summed E-state index contributed by atoms with van der Waals surface area (Å²) < 4.78 is 5.32. The summed E-state index contributed by atoms with van der Waals surface area (Å²) in [6.45, 7) is 3.34. The molecule has 0 atom stereocenters. The van der Waals surface area contributed by atoms with E-state index >= 15 is 0 Å². The first-order chi connectivity index (χ1) is 11.0. The van der Waals surface area contributed by atoms with E-state index in [1.165, 1.54) is 4.90 Å². The zero-order chi connectivity index (χ0) is 16.9. The second-order valence-electron chi connectivity index (χ2n) is 6.17. The highest BCUT2D eigenvalue weighted by Crippen LogP contribution is 2.31. The number of nitrogens with one attached hydrogen (secondary N) is 1. The summed E-state index contributed by atoms with van der Waals surface area (Å²) in [6.07, 6.45) is 1.21. The summed E-state index contributed by atoms with van der Waals surface area (Å²) in [5.74, 6) is -0.300. The topological polar surface area (TPSA) is 84.7 Å². The average molecular weight is 319 g/mol. The molecular formula is C17H25N3O3. The SMILES string of the molecule is Cc1ccc(NC(=O)CN(C)C(=O)C2(CN)CCOCC2)cc1. The minimum Gasteiger partial charge on any atom is -0.381 e. The van der Waals surface area contributed by atoms with Gasteiger partial charge in [0.25, 0.3) is 0 Å². The van der Waals surface area contributed by atoms with E-state index in [1.54, 1.807) is 7.05 Å². The average Bonchev–Trinajstić information content (AvgIpc) is 2.56. The van der Waals surface area contributed by atoms with Gasteiger partial charge in [-0.1, -0.05) is 17.7 Å². The van der Waals surface area contributed by atoms with Crippen molar-refractivity contribution < 1.29 is 14.3 Å². The lowest BCUT2D eigenvalue weighted by Gasteiger charge is -2.37. The van der Waals surface area contributed by atoms with Crippen molar-refractivity contribution in [2.24, 2.45) is 11.1 Å². The number of benzene rings is 1. The van der Waals surface area contributed by atoms with Gasteiger partial charge in [0, 0.05) is 32.5 Å². The molecule has 1 fully saturated rings. The molecule has 126 valence electrons. The van der Waals surface area contributed by atoms with Crippen LogP contribution in [0.2, 0.25) is 0 Å². The van der Waals surface area contributed by atoms with Crippen molar-refractivity contribution in [1.82, 2.24) is 4.90 Å². The van der Waals surface area contributed by atoms with Gasteiger partial charge in [-0.15, -0.1) is 0 Å². The smallest absolute Gasteiger partial charge is 0.243 e. The Morgan fingerprint density at radius 3 is 2.43 bits per heavy atom. The van der Waals surface area contributed by atoms with Crippen molar-refractivity contribution in [3.63, 3.8) is 0 Å². The van der Waals surface area contributed by atoms with Crippen molar-refractivity contribution in [3.05, 3.63) is 29.8 Å². The van der Waals surface area contributed by atoms with Crippen LogP contribution in [-0.2, 0) is 14.3 Å². The second kappa shape index (κ2) is 7.57. The predicted molar refractivity (Wildman–Crippen MR) is 89.0 cm³/mol. The van der Waals surface area contributed by atoms with Crippen LogP contribution in [0.1, 0.15) is 18.4 Å². The fourth-order valence-electron chi connectivity index (χ4n) is 2.80. The number of aryl methyl sites for hydroxylation is 1. The maximum absolute atomic E-state index is 12.7. The zero-order valence-corrected chi connectivity index (χ0v) is 13.8. The molecule has 1 aromatic rings. The molecule has 1 aliphatic rings. The number of hydrogen-bond acceptors (Lipinski definition) is 4. The first-order valence-electron chi connectivity index (χ1n) is 7.87. The Kier molecular flexibility index (Phi) is 5.74. The van der Waals surface area contributed by atoms with E-state index in [0.29, 0.717) is 26.1 Å². The van der Waals surface area contributed by atoms with Gasteiger partial charge in [-0.2, -0.15) is 0 Å². The number of hydrogen-bond donors (Lipinski definition) is 2. The Morgan fingerprint density at radius 1 is 1.26 bits per heavy atom. The molecule has 1 heterocycles. The lowest BCUT2D eigenvalue weighted by atomic mass is 9.79. The first kappa shape index (κ1) is 17.4. The molecule has 2 rings (SSSR count). The summed E-state index contributed by atoms with van der Waals surface area (Å²) in [4.78, 5) is 26.3. The van der Waals surface area contributed by atoms with Gasteiger partial charge in [-0.3, -0.25) is 9.59 Å². The number of anilines is 1. The van der Waals surface area contributed by atoms with Gasteiger partial charge in [0.15, 0.2) is 0 Å². The molecule has 0 radical (unpaired) electrons. The van der Waals surface area contributed by atoms with Crippen LogP contribution in [0.4, 0.5) is 5.69 Å². The van der Waals surface area contributed by atoms with E-state index in [9.17, 15) is 9.59 Å². The minimum absolute atomic E-state index is 0.00924. The van der Waals surface area contributed by atoms with Crippen LogP contribution in [-0.4, -0.2) is 50.1 Å². The molecule has 2 amide bonds. The zero-order valence-electron chi connectivity index (χ0n) is 13.8. The second-order valence-corrected chi connectivity index (χ2v) is 6.17. The Morgan fingerprint density at radius 2 is 1.87 bits per heavy atom. The quantitative estimate of drug-likeness (QED) is 0.852. The van der Waals surface area contributed by atoms with Gasteiger partial charge < -0.3 is 20.7 Å². The van der Waals surface area contributed by atoms with E-state index in [-0.39, 0.29) is 24.9 Å². The Bertz CT molecular complexity index is 551. The molecule has 6 nitrogen and oxygen atoms in total. The van der Waals surface area contributed by atoms with Crippen molar-refractivity contribution in [1.29, 1.82) is 0 Å². The molecule has 0 aliphatic carbocycles. The Hall–Kier alpha value is -1.92. The Labute approximate surface area is 137 Å². The molecule has 0 aromatic heterocycles. The molecule has 6 heteroatoms. The normalized spacial score (nSPS) is 16.7. The van der Waals surface area contributed by atoms with Crippen LogP contribution in [0, 0.1) is 12.3 Å². The van der Waals surface area contributed by atoms with Crippen molar-refractivity contribution in [2.75, 3.05) is 38.7 Å². The number of nitrogens with zero attached hydrogens (tertiary/aromatic N) is 1. The van der Waals surface area contributed by atoms with Gasteiger partial charge in [-0.05, 0) is 31.9 Å². The summed E-state index contributed by atoms with van der Waals surface area (Å²) in [5.41, 5.74) is 7.09. The molecule has 0 saturated carbocycles. The highest BCUT2D eigenvalue weighted by atomic mass is 16.5.